The Labute approximate surface area is 215 Å². The summed E-state index contributed by atoms with van der Waals surface area (Å²) in [6.45, 7) is 0.195. The molecule has 2 bridgehead atoms. The summed E-state index contributed by atoms with van der Waals surface area (Å²) >= 11 is 0. The zero-order valence-electron chi connectivity index (χ0n) is 21.2. The van der Waals surface area contributed by atoms with Crippen molar-refractivity contribution in [2.45, 2.75) is 23.2 Å². The van der Waals surface area contributed by atoms with Gasteiger partial charge in [0.05, 0.1) is 40.6 Å². The first-order valence-corrected chi connectivity index (χ1v) is 12.3. The van der Waals surface area contributed by atoms with Crippen LogP contribution in [0.25, 0.3) is 0 Å². The number of ether oxygens (including phenoxy) is 6. The van der Waals surface area contributed by atoms with E-state index in [1.54, 1.807) is 26.4 Å². The Morgan fingerprint density at radius 2 is 1.73 bits per heavy atom. The Hall–Kier alpha value is -3.49. The Bertz CT molecular complexity index is 1290. The van der Waals surface area contributed by atoms with E-state index in [1.165, 1.54) is 14.2 Å². The quantitative estimate of drug-likeness (QED) is 0.470. The van der Waals surface area contributed by atoms with Crippen molar-refractivity contribution in [3.8, 4) is 23.0 Å². The van der Waals surface area contributed by atoms with Gasteiger partial charge < -0.3 is 33.5 Å². The molecule has 6 atom stereocenters. The number of epoxide rings is 1. The van der Waals surface area contributed by atoms with Crippen molar-refractivity contribution in [3.63, 3.8) is 0 Å². The Kier molecular flexibility index (Phi) is 5.33. The van der Waals surface area contributed by atoms with E-state index in [-0.39, 0.29) is 12.5 Å². The van der Waals surface area contributed by atoms with Gasteiger partial charge in [0.15, 0.2) is 11.2 Å². The van der Waals surface area contributed by atoms with Gasteiger partial charge in [-0.1, -0.05) is 36.4 Å². The van der Waals surface area contributed by atoms with Gasteiger partial charge in [-0.2, -0.15) is 0 Å². The van der Waals surface area contributed by atoms with Gasteiger partial charge in [0, 0.05) is 18.1 Å². The number of carbonyl (C=O) groups is 1. The maximum atomic E-state index is 13.7. The molecule has 37 heavy (non-hydrogen) atoms. The van der Waals surface area contributed by atoms with Crippen molar-refractivity contribution in [3.05, 3.63) is 71.8 Å². The highest BCUT2D eigenvalue weighted by atomic mass is 16.7. The molecule has 1 saturated carbocycles. The first kappa shape index (κ1) is 23.9. The molecular formula is C29H30O8. The average Bonchev–Trinajstić information content (AvgIpc) is 3.74. The lowest BCUT2D eigenvalue weighted by Crippen LogP contribution is -2.58. The predicted molar refractivity (Wildman–Crippen MR) is 133 cm³/mol. The summed E-state index contributed by atoms with van der Waals surface area (Å²) in [7, 11) is 6.01. The topological polar surface area (TPSA) is 96.0 Å². The number of hydrogen-bond donors (Lipinski definition) is 1. The normalized spacial score (nSPS) is 34.5. The molecule has 0 aromatic heterocycles. The summed E-state index contributed by atoms with van der Waals surface area (Å²) in [6.07, 6.45) is 8.74. The fourth-order valence-electron chi connectivity index (χ4n) is 6.97. The van der Waals surface area contributed by atoms with Gasteiger partial charge in [0.25, 0.3) is 0 Å². The van der Waals surface area contributed by atoms with Crippen molar-refractivity contribution in [2.75, 3.05) is 35.0 Å². The van der Waals surface area contributed by atoms with Crippen LogP contribution in [0.15, 0.2) is 60.7 Å². The lowest BCUT2D eigenvalue weighted by Gasteiger charge is -2.47. The predicted octanol–water partition coefficient (Wildman–Crippen LogP) is 3.51. The van der Waals surface area contributed by atoms with Gasteiger partial charge in [0.2, 0.25) is 0 Å². The van der Waals surface area contributed by atoms with Crippen LogP contribution in [0.3, 0.4) is 0 Å². The molecule has 194 valence electrons. The van der Waals surface area contributed by atoms with Crippen LogP contribution >= 0.6 is 0 Å². The molecule has 2 fully saturated rings. The van der Waals surface area contributed by atoms with Crippen LogP contribution in [0.1, 0.15) is 17.5 Å². The molecule has 1 N–H and O–H groups in total. The zero-order valence-corrected chi connectivity index (χ0v) is 21.2. The molecule has 6 rings (SSSR count). The highest BCUT2D eigenvalue weighted by Gasteiger charge is 2.90. The maximum Gasteiger partial charge on any atom is 0.312 e. The monoisotopic (exact) mass is 506 g/mol. The molecule has 2 aromatic carbocycles. The van der Waals surface area contributed by atoms with E-state index in [9.17, 15) is 9.90 Å². The van der Waals surface area contributed by atoms with E-state index >= 15 is 0 Å². The highest BCUT2D eigenvalue weighted by Crippen LogP contribution is 2.76. The maximum absolute atomic E-state index is 13.7. The van der Waals surface area contributed by atoms with Crippen LogP contribution in [-0.2, 0) is 25.5 Å². The van der Waals surface area contributed by atoms with E-state index < -0.39 is 34.6 Å². The lowest BCUT2D eigenvalue weighted by atomic mass is 9.68. The van der Waals surface area contributed by atoms with Crippen LogP contribution in [0.4, 0.5) is 0 Å². The third-order valence-electron chi connectivity index (χ3n) is 8.52. The number of esters is 1. The van der Waals surface area contributed by atoms with Gasteiger partial charge in [0.1, 0.15) is 34.5 Å². The fraction of sp³-hybridized carbons (Fsp3) is 0.414. The molecule has 8 heteroatoms. The van der Waals surface area contributed by atoms with Crippen molar-refractivity contribution < 1.29 is 38.3 Å². The molecule has 2 unspecified atom stereocenters. The molecule has 8 nitrogen and oxygen atoms in total. The van der Waals surface area contributed by atoms with Crippen LogP contribution in [-0.4, -0.2) is 51.7 Å². The van der Waals surface area contributed by atoms with E-state index in [4.69, 9.17) is 28.4 Å². The number of methoxy groups -OCH3 is 4. The smallest absolute Gasteiger partial charge is 0.312 e. The number of benzene rings is 2. The molecule has 1 saturated heterocycles. The molecule has 2 heterocycles. The van der Waals surface area contributed by atoms with Crippen LogP contribution in [0.2, 0.25) is 0 Å². The first-order valence-electron chi connectivity index (χ1n) is 12.3. The molecular weight excluding hydrogens is 476 g/mol. The van der Waals surface area contributed by atoms with Crippen LogP contribution < -0.4 is 18.9 Å². The minimum absolute atomic E-state index is 0.145. The highest BCUT2D eigenvalue weighted by molar-refractivity contribution is 5.80. The second-order valence-corrected chi connectivity index (χ2v) is 9.89. The molecule has 1 spiro atoms. The minimum atomic E-state index is -1.80. The minimum Gasteiger partial charge on any atom is -0.497 e. The molecule has 2 aliphatic heterocycles. The van der Waals surface area contributed by atoms with Gasteiger partial charge in [-0.25, -0.2) is 0 Å². The second-order valence-electron chi connectivity index (χ2n) is 9.89. The summed E-state index contributed by atoms with van der Waals surface area (Å²) in [4.78, 5) is 13.7. The number of aliphatic hydroxyl groups is 1. The van der Waals surface area contributed by atoms with Crippen molar-refractivity contribution >= 4 is 5.97 Å². The Morgan fingerprint density at radius 3 is 2.30 bits per heavy atom. The first-order chi connectivity index (χ1) is 17.9. The molecule has 0 radical (unpaired) electrons. The summed E-state index contributed by atoms with van der Waals surface area (Å²) in [5.41, 5.74) is -3.13. The standard InChI is InChI=1S/C29H30O8/c1-32-19-12-10-18(11-13-19)29-23(17-8-6-5-7-9-17)25(26(30)35-4)28(31,27(29)16-36-27)24-21(34-3)14-20(33-2)15-22(24)37-29/h5-8,10-15,17,23,25,31H,9,16H2,1-4H3/t17?,23-,25+,27?,28+,29+/m1/s1. The van der Waals surface area contributed by atoms with E-state index in [0.29, 0.717) is 35.0 Å². The summed E-state index contributed by atoms with van der Waals surface area (Å²) in [5, 5.41) is 12.9. The van der Waals surface area contributed by atoms with Crippen molar-refractivity contribution in [2.24, 2.45) is 17.8 Å². The Morgan fingerprint density at radius 1 is 1.00 bits per heavy atom. The largest absolute Gasteiger partial charge is 0.497 e. The Balaban J connectivity index is 1.71. The third kappa shape index (κ3) is 2.88. The van der Waals surface area contributed by atoms with Crippen molar-refractivity contribution in [1.29, 1.82) is 0 Å². The number of carbonyl (C=O) groups excluding carboxylic acids is 1. The zero-order chi connectivity index (χ0) is 26.0. The average molecular weight is 507 g/mol. The number of hydrogen-bond acceptors (Lipinski definition) is 8. The van der Waals surface area contributed by atoms with Crippen LogP contribution in [0.5, 0.6) is 23.0 Å². The van der Waals surface area contributed by atoms with Gasteiger partial charge in [-0.05, 0) is 30.0 Å². The van der Waals surface area contributed by atoms with E-state index in [2.05, 4.69) is 12.2 Å². The fourth-order valence-corrected chi connectivity index (χ4v) is 6.97. The molecule has 4 aliphatic rings. The SMILES string of the molecule is COC(=O)[C@@H]1[C@@H](C2C=CC=CC2)[C@]2(c3ccc(OC)cc3)Oc3cc(OC)cc(OC)c3[C@@]1(O)C21CO1. The van der Waals surface area contributed by atoms with E-state index in [0.717, 1.165) is 5.56 Å². The number of rotatable bonds is 6. The van der Waals surface area contributed by atoms with Crippen molar-refractivity contribution in [1.82, 2.24) is 0 Å². The van der Waals surface area contributed by atoms with E-state index in [1.807, 2.05) is 36.4 Å². The number of allylic oxidation sites excluding steroid dienone is 4. The summed E-state index contributed by atoms with van der Waals surface area (Å²) in [5.74, 6) is -0.311. The van der Waals surface area contributed by atoms with Gasteiger partial charge >= 0.3 is 5.97 Å². The third-order valence-corrected chi connectivity index (χ3v) is 8.52. The number of fused-ring (bicyclic) bond motifs is 2. The molecule has 0 amide bonds. The lowest BCUT2D eigenvalue weighted by molar-refractivity contribution is -0.162. The van der Waals surface area contributed by atoms with Gasteiger partial charge in [-0.15, -0.1) is 0 Å². The second kappa shape index (κ2) is 8.26. The van der Waals surface area contributed by atoms with Gasteiger partial charge in [-0.3, -0.25) is 4.79 Å². The van der Waals surface area contributed by atoms with Crippen LogP contribution in [0, 0.1) is 17.8 Å². The molecule has 2 aromatic rings. The molecule has 2 aliphatic carbocycles. The summed E-state index contributed by atoms with van der Waals surface area (Å²) in [6, 6.07) is 10.9. The summed E-state index contributed by atoms with van der Waals surface area (Å²) < 4.78 is 35.3.